The molecule has 0 saturated heterocycles. The minimum absolute atomic E-state index is 0.288. The van der Waals surface area contributed by atoms with Gasteiger partial charge in [-0.05, 0) is 44.4 Å². The van der Waals surface area contributed by atoms with Gasteiger partial charge in [-0.25, -0.2) is 0 Å². The number of ether oxygens (including phenoxy) is 2. The molecular weight excluding hydrogens is 250 g/mol. The van der Waals surface area contributed by atoms with Gasteiger partial charge in [0.1, 0.15) is 5.75 Å². The van der Waals surface area contributed by atoms with E-state index in [0.717, 1.165) is 31.9 Å². The van der Waals surface area contributed by atoms with Gasteiger partial charge in [-0.15, -0.1) is 0 Å². The SMILES string of the molecule is COc1cc(C)ccc1C(C)NCCCOCC(C)C. The molecule has 0 amide bonds. The van der Waals surface area contributed by atoms with Crippen LogP contribution in [0.1, 0.15) is 44.4 Å². The molecule has 1 atom stereocenters. The molecule has 1 aromatic rings. The van der Waals surface area contributed by atoms with E-state index in [1.165, 1.54) is 11.1 Å². The normalized spacial score (nSPS) is 12.7. The summed E-state index contributed by atoms with van der Waals surface area (Å²) in [7, 11) is 1.73. The minimum Gasteiger partial charge on any atom is -0.496 e. The second-order valence-corrected chi connectivity index (χ2v) is 5.74. The van der Waals surface area contributed by atoms with E-state index in [-0.39, 0.29) is 6.04 Å². The Bertz CT molecular complexity index is 391. The molecule has 1 aromatic carbocycles. The summed E-state index contributed by atoms with van der Waals surface area (Å²) in [6.45, 7) is 11.2. The second kappa shape index (κ2) is 8.98. The maximum absolute atomic E-state index is 5.58. The first-order valence-electron chi connectivity index (χ1n) is 7.50. The molecular formula is C17H29NO2. The van der Waals surface area contributed by atoms with Gasteiger partial charge in [0, 0.05) is 24.8 Å². The highest BCUT2D eigenvalue weighted by atomic mass is 16.5. The minimum atomic E-state index is 0.288. The molecule has 0 saturated carbocycles. The van der Waals surface area contributed by atoms with E-state index >= 15 is 0 Å². The van der Waals surface area contributed by atoms with Crippen LogP contribution < -0.4 is 10.1 Å². The van der Waals surface area contributed by atoms with Gasteiger partial charge in [0.05, 0.1) is 7.11 Å². The maximum atomic E-state index is 5.58. The van der Waals surface area contributed by atoms with Crippen LogP contribution in [0, 0.1) is 12.8 Å². The number of methoxy groups -OCH3 is 1. The van der Waals surface area contributed by atoms with Crippen LogP contribution in [0.25, 0.3) is 0 Å². The Kier molecular flexibility index (Phi) is 7.63. The van der Waals surface area contributed by atoms with Crippen molar-refractivity contribution < 1.29 is 9.47 Å². The zero-order valence-corrected chi connectivity index (χ0v) is 13.5. The van der Waals surface area contributed by atoms with Crippen LogP contribution in [-0.2, 0) is 4.74 Å². The molecule has 3 heteroatoms. The fourth-order valence-electron chi connectivity index (χ4n) is 2.10. The third kappa shape index (κ3) is 5.93. The Morgan fingerprint density at radius 2 is 1.95 bits per heavy atom. The summed E-state index contributed by atoms with van der Waals surface area (Å²) in [6, 6.07) is 6.64. The Morgan fingerprint density at radius 1 is 1.20 bits per heavy atom. The van der Waals surface area contributed by atoms with Crippen LogP contribution in [0.3, 0.4) is 0 Å². The van der Waals surface area contributed by atoms with Crippen molar-refractivity contribution in [1.29, 1.82) is 0 Å². The Labute approximate surface area is 123 Å². The van der Waals surface area contributed by atoms with Gasteiger partial charge in [0.15, 0.2) is 0 Å². The lowest BCUT2D eigenvalue weighted by Crippen LogP contribution is -2.21. The van der Waals surface area contributed by atoms with Crippen LogP contribution in [0.5, 0.6) is 5.75 Å². The molecule has 0 aliphatic carbocycles. The van der Waals surface area contributed by atoms with Gasteiger partial charge in [-0.1, -0.05) is 26.0 Å². The number of hydrogen-bond donors (Lipinski definition) is 1. The lowest BCUT2D eigenvalue weighted by molar-refractivity contribution is 0.107. The van der Waals surface area contributed by atoms with Gasteiger partial charge in [0.2, 0.25) is 0 Å². The first-order chi connectivity index (χ1) is 9.54. The third-order valence-electron chi connectivity index (χ3n) is 3.22. The van der Waals surface area contributed by atoms with Gasteiger partial charge in [-0.3, -0.25) is 0 Å². The summed E-state index contributed by atoms with van der Waals surface area (Å²) in [5.74, 6) is 1.57. The van der Waals surface area contributed by atoms with E-state index in [4.69, 9.17) is 9.47 Å². The topological polar surface area (TPSA) is 30.5 Å². The molecule has 3 nitrogen and oxygen atoms in total. The van der Waals surface area contributed by atoms with Crippen molar-refractivity contribution in [3.05, 3.63) is 29.3 Å². The summed E-state index contributed by atoms with van der Waals surface area (Å²) < 4.78 is 11.0. The lowest BCUT2D eigenvalue weighted by atomic mass is 10.0. The molecule has 1 rings (SSSR count). The Hall–Kier alpha value is -1.06. The number of rotatable bonds is 9. The van der Waals surface area contributed by atoms with Crippen LogP contribution >= 0.6 is 0 Å². The summed E-state index contributed by atoms with van der Waals surface area (Å²) in [5, 5.41) is 3.52. The highest BCUT2D eigenvalue weighted by molar-refractivity contribution is 5.38. The quantitative estimate of drug-likeness (QED) is 0.699. The molecule has 0 radical (unpaired) electrons. The van der Waals surface area contributed by atoms with E-state index < -0.39 is 0 Å². The lowest BCUT2D eigenvalue weighted by Gasteiger charge is -2.18. The van der Waals surface area contributed by atoms with E-state index in [1.54, 1.807) is 7.11 Å². The van der Waals surface area contributed by atoms with Crippen molar-refractivity contribution in [3.8, 4) is 5.75 Å². The number of aryl methyl sites for hydroxylation is 1. The summed E-state index contributed by atoms with van der Waals surface area (Å²) in [6.07, 6.45) is 1.03. The van der Waals surface area contributed by atoms with Gasteiger partial charge in [-0.2, -0.15) is 0 Å². The molecule has 0 fully saturated rings. The summed E-state index contributed by atoms with van der Waals surface area (Å²) in [4.78, 5) is 0. The monoisotopic (exact) mass is 279 g/mol. The number of nitrogens with one attached hydrogen (secondary N) is 1. The number of benzene rings is 1. The molecule has 0 aliphatic heterocycles. The van der Waals surface area contributed by atoms with Gasteiger partial charge in [0.25, 0.3) is 0 Å². The maximum Gasteiger partial charge on any atom is 0.123 e. The number of hydrogen-bond acceptors (Lipinski definition) is 3. The van der Waals surface area contributed by atoms with Crippen molar-refractivity contribution in [2.75, 3.05) is 26.9 Å². The fourth-order valence-corrected chi connectivity index (χ4v) is 2.10. The molecule has 20 heavy (non-hydrogen) atoms. The van der Waals surface area contributed by atoms with Crippen molar-refractivity contribution in [1.82, 2.24) is 5.32 Å². The zero-order valence-electron chi connectivity index (χ0n) is 13.5. The average molecular weight is 279 g/mol. The molecule has 0 spiro atoms. The third-order valence-corrected chi connectivity index (χ3v) is 3.22. The first-order valence-corrected chi connectivity index (χ1v) is 7.50. The van der Waals surface area contributed by atoms with Crippen LogP contribution in [0.2, 0.25) is 0 Å². The Morgan fingerprint density at radius 3 is 2.60 bits per heavy atom. The van der Waals surface area contributed by atoms with Gasteiger partial charge < -0.3 is 14.8 Å². The van der Waals surface area contributed by atoms with Crippen molar-refractivity contribution in [3.63, 3.8) is 0 Å². The van der Waals surface area contributed by atoms with E-state index in [9.17, 15) is 0 Å². The van der Waals surface area contributed by atoms with E-state index in [1.807, 2.05) is 0 Å². The van der Waals surface area contributed by atoms with Crippen LogP contribution in [0.15, 0.2) is 18.2 Å². The fraction of sp³-hybridized carbons (Fsp3) is 0.647. The van der Waals surface area contributed by atoms with Crippen molar-refractivity contribution in [2.24, 2.45) is 5.92 Å². The Balaban J connectivity index is 2.34. The first kappa shape index (κ1) is 17.0. The molecule has 0 aliphatic rings. The second-order valence-electron chi connectivity index (χ2n) is 5.74. The van der Waals surface area contributed by atoms with Crippen molar-refractivity contribution >= 4 is 0 Å². The summed E-state index contributed by atoms with van der Waals surface area (Å²) in [5.41, 5.74) is 2.43. The predicted octanol–water partition coefficient (Wildman–Crippen LogP) is 3.72. The highest BCUT2D eigenvalue weighted by Gasteiger charge is 2.10. The smallest absolute Gasteiger partial charge is 0.123 e. The van der Waals surface area contributed by atoms with Gasteiger partial charge >= 0.3 is 0 Å². The summed E-state index contributed by atoms with van der Waals surface area (Å²) >= 11 is 0. The molecule has 0 bridgehead atoms. The largest absolute Gasteiger partial charge is 0.496 e. The highest BCUT2D eigenvalue weighted by Crippen LogP contribution is 2.25. The molecule has 1 N–H and O–H groups in total. The van der Waals surface area contributed by atoms with Crippen LogP contribution in [0.4, 0.5) is 0 Å². The molecule has 0 heterocycles. The predicted molar refractivity (Wildman–Crippen MR) is 84.4 cm³/mol. The standard InChI is InChI=1S/C17H29NO2/c1-13(2)12-20-10-6-9-18-15(4)16-8-7-14(3)11-17(16)19-5/h7-8,11,13,15,18H,6,9-10,12H2,1-5H3. The van der Waals surface area contributed by atoms with Crippen molar-refractivity contribution in [2.45, 2.75) is 40.2 Å². The molecule has 0 aromatic heterocycles. The molecule has 1 unspecified atom stereocenters. The van der Waals surface area contributed by atoms with Crippen LogP contribution in [-0.4, -0.2) is 26.9 Å². The van der Waals surface area contributed by atoms with E-state index in [2.05, 4.69) is 51.2 Å². The van der Waals surface area contributed by atoms with E-state index in [0.29, 0.717) is 5.92 Å². The molecule has 114 valence electrons. The average Bonchev–Trinajstić information content (AvgIpc) is 2.41. The zero-order chi connectivity index (χ0) is 15.0.